The Morgan fingerprint density at radius 1 is 1.13 bits per heavy atom. The highest BCUT2D eigenvalue weighted by molar-refractivity contribution is 7.13. The molecule has 0 bridgehead atoms. The first-order valence-corrected chi connectivity index (χ1v) is 8.58. The third kappa shape index (κ3) is 2.18. The highest BCUT2D eigenvalue weighted by Gasteiger charge is 2.19. The van der Waals surface area contributed by atoms with Crippen molar-refractivity contribution in [3.05, 3.63) is 56.9 Å². The van der Waals surface area contributed by atoms with Gasteiger partial charge in [-0.05, 0) is 46.3 Å². The quantitative estimate of drug-likeness (QED) is 0.474. The van der Waals surface area contributed by atoms with Crippen molar-refractivity contribution in [1.29, 1.82) is 5.26 Å². The normalized spacial score (nSPS) is 10.7. The van der Waals surface area contributed by atoms with Gasteiger partial charge in [0, 0.05) is 22.0 Å². The summed E-state index contributed by atoms with van der Waals surface area (Å²) in [5, 5.41) is 17.3. The second-order valence-corrected chi connectivity index (χ2v) is 6.81. The molecule has 0 saturated carbocycles. The Morgan fingerprint density at radius 2 is 2.04 bits per heavy atom. The molecular weight excluding hydrogens is 326 g/mol. The molecule has 0 aliphatic carbocycles. The zero-order valence-electron chi connectivity index (χ0n) is 11.7. The number of nitrogens with one attached hydrogen (secondary N) is 1. The van der Waals surface area contributed by atoms with E-state index in [1.807, 2.05) is 35.0 Å². The monoisotopic (exact) mass is 335 g/mol. The van der Waals surface area contributed by atoms with Gasteiger partial charge in [0.05, 0.1) is 10.6 Å². The summed E-state index contributed by atoms with van der Waals surface area (Å²) in [5.74, 6) is 0. The van der Waals surface area contributed by atoms with Crippen LogP contribution < -0.4 is 0 Å². The third-order valence-corrected chi connectivity index (χ3v) is 5.40. The maximum Gasteiger partial charge on any atom is 0.112 e. The second-order valence-electron chi connectivity index (χ2n) is 4.95. The summed E-state index contributed by atoms with van der Waals surface area (Å²) in [5.41, 5.74) is 4.11. The van der Waals surface area contributed by atoms with Crippen LogP contribution in [-0.2, 0) is 0 Å². The average Bonchev–Trinajstić information content (AvgIpc) is 3.31. The van der Waals surface area contributed by atoms with Crippen LogP contribution in [0.2, 0.25) is 0 Å². The zero-order chi connectivity index (χ0) is 15.8. The summed E-state index contributed by atoms with van der Waals surface area (Å²) in [6.45, 7) is 0. The van der Waals surface area contributed by atoms with Gasteiger partial charge in [-0.1, -0.05) is 6.07 Å². The lowest BCUT2D eigenvalue weighted by Crippen LogP contribution is -1.80. The van der Waals surface area contributed by atoms with Gasteiger partial charge in [0.15, 0.2) is 0 Å². The number of fused-ring (bicyclic) bond motifs is 1. The van der Waals surface area contributed by atoms with Gasteiger partial charge in [-0.2, -0.15) is 5.26 Å². The molecule has 0 atom stereocenters. The number of thiophene rings is 2. The van der Waals surface area contributed by atoms with Gasteiger partial charge in [-0.3, -0.25) is 0 Å². The summed E-state index contributed by atoms with van der Waals surface area (Å²) in [4.78, 5) is 16.0. The fourth-order valence-electron chi connectivity index (χ4n) is 2.72. The maximum atomic E-state index is 10.8. The number of aromatic nitrogens is 1. The zero-order valence-corrected chi connectivity index (χ0v) is 13.4. The Morgan fingerprint density at radius 3 is 2.78 bits per heavy atom. The molecule has 6 heteroatoms. The largest absolute Gasteiger partial charge is 0.353 e. The van der Waals surface area contributed by atoms with Gasteiger partial charge in [-0.15, -0.1) is 27.6 Å². The smallest absolute Gasteiger partial charge is 0.112 e. The van der Waals surface area contributed by atoms with E-state index in [-0.39, 0.29) is 0 Å². The summed E-state index contributed by atoms with van der Waals surface area (Å²) >= 11 is 3.06. The number of hydrogen-bond acceptors (Lipinski definition) is 5. The van der Waals surface area contributed by atoms with Crippen molar-refractivity contribution < 1.29 is 0 Å². The minimum Gasteiger partial charge on any atom is -0.353 e. The molecule has 0 amide bonds. The van der Waals surface area contributed by atoms with Gasteiger partial charge >= 0.3 is 0 Å². The topological polar surface area (TPSA) is 69.0 Å². The second kappa shape index (κ2) is 5.47. The summed E-state index contributed by atoms with van der Waals surface area (Å²) in [6.07, 6.45) is 0. The van der Waals surface area contributed by atoms with Crippen LogP contribution in [0, 0.1) is 16.2 Å². The Hall–Kier alpha value is -2.75. The number of H-pyrrole nitrogens is 1. The first kappa shape index (κ1) is 13.9. The number of nitrogens with zero attached hydrogens (tertiary/aromatic N) is 2. The average molecular weight is 335 g/mol. The van der Waals surface area contributed by atoms with Gasteiger partial charge in [0.2, 0.25) is 0 Å². The highest BCUT2D eigenvalue weighted by Crippen LogP contribution is 2.43. The Bertz CT molecular complexity index is 1050. The lowest BCUT2D eigenvalue weighted by atomic mass is 10.0. The van der Waals surface area contributed by atoms with Crippen LogP contribution in [0.3, 0.4) is 0 Å². The van der Waals surface area contributed by atoms with Crippen molar-refractivity contribution in [3.63, 3.8) is 0 Å². The van der Waals surface area contributed by atoms with Crippen LogP contribution in [-0.4, -0.2) is 4.98 Å². The van der Waals surface area contributed by atoms with Crippen molar-refractivity contribution in [2.75, 3.05) is 0 Å². The SMILES string of the molecule is N#Cc1sccc1-c1c(-c2cccs2)[nH]c2cc(N=O)ccc12. The van der Waals surface area contributed by atoms with Crippen LogP contribution in [0.25, 0.3) is 32.6 Å². The van der Waals surface area contributed by atoms with Crippen LogP contribution >= 0.6 is 22.7 Å². The molecule has 4 aromatic rings. The predicted octanol–water partition coefficient (Wildman–Crippen LogP) is 5.89. The first-order valence-electron chi connectivity index (χ1n) is 6.82. The van der Waals surface area contributed by atoms with E-state index in [0.717, 1.165) is 32.6 Å². The fraction of sp³-hybridized carbons (Fsp3) is 0. The first-order chi connectivity index (χ1) is 11.3. The minimum atomic E-state index is 0.383. The molecule has 0 fully saturated rings. The molecule has 0 saturated heterocycles. The van der Waals surface area contributed by atoms with Crippen molar-refractivity contribution in [2.45, 2.75) is 0 Å². The standard InChI is InChI=1S/C17H9N3OS2/c18-9-15-12(5-7-23-15)16-11-4-3-10(20-21)8-13(11)19-17(16)14-2-1-6-22-14/h1-8,19H. The van der Waals surface area contributed by atoms with Crippen molar-refractivity contribution >= 4 is 39.3 Å². The van der Waals surface area contributed by atoms with E-state index in [1.165, 1.54) is 11.3 Å². The lowest BCUT2D eigenvalue weighted by molar-refractivity contribution is 1.46. The molecule has 4 nitrogen and oxygen atoms in total. The van der Waals surface area contributed by atoms with E-state index >= 15 is 0 Å². The number of aromatic amines is 1. The lowest BCUT2D eigenvalue weighted by Gasteiger charge is -2.02. The molecule has 1 aromatic carbocycles. The summed E-state index contributed by atoms with van der Waals surface area (Å²) in [6, 6.07) is 13.6. The molecule has 3 heterocycles. The number of hydrogen-bond donors (Lipinski definition) is 1. The van der Waals surface area contributed by atoms with E-state index in [9.17, 15) is 10.2 Å². The van der Waals surface area contributed by atoms with Gasteiger partial charge in [-0.25, -0.2) is 0 Å². The van der Waals surface area contributed by atoms with Gasteiger partial charge in [0.25, 0.3) is 0 Å². The fourth-order valence-corrected chi connectivity index (χ4v) is 4.14. The van der Waals surface area contributed by atoms with Crippen LogP contribution in [0.5, 0.6) is 0 Å². The van der Waals surface area contributed by atoms with Crippen LogP contribution in [0.1, 0.15) is 4.88 Å². The van der Waals surface area contributed by atoms with Gasteiger partial charge in [0.1, 0.15) is 16.6 Å². The molecule has 0 unspecified atom stereocenters. The Labute approximate surface area is 139 Å². The molecule has 0 radical (unpaired) electrons. The minimum absolute atomic E-state index is 0.383. The van der Waals surface area contributed by atoms with E-state index in [0.29, 0.717) is 10.6 Å². The number of benzene rings is 1. The Kier molecular flexibility index (Phi) is 3.30. The predicted molar refractivity (Wildman–Crippen MR) is 95.1 cm³/mol. The van der Waals surface area contributed by atoms with Crippen molar-refractivity contribution in [1.82, 2.24) is 4.98 Å². The summed E-state index contributed by atoms with van der Waals surface area (Å²) < 4.78 is 0. The van der Waals surface area contributed by atoms with E-state index < -0.39 is 0 Å². The van der Waals surface area contributed by atoms with Crippen molar-refractivity contribution in [2.24, 2.45) is 5.18 Å². The van der Waals surface area contributed by atoms with E-state index in [2.05, 4.69) is 16.2 Å². The maximum absolute atomic E-state index is 10.8. The molecule has 110 valence electrons. The molecule has 0 spiro atoms. The summed E-state index contributed by atoms with van der Waals surface area (Å²) in [7, 11) is 0. The molecule has 23 heavy (non-hydrogen) atoms. The molecule has 4 rings (SSSR count). The molecular formula is C17H9N3OS2. The van der Waals surface area contributed by atoms with Crippen LogP contribution in [0.15, 0.2) is 52.3 Å². The highest BCUT2D eigenvalue weighted by atomic mass is 32.1. The molecule has 1 N–H and O–H groups in total. The van der Waals surface area contributed by atoms with E-state index in [1.54, 1.807) is 23.5 Å². The number of nitriles is 1. The van der Waals surface area contributed by atoms with Crippen molar-refractivity contribution in [3.8, 4) is 27.8 Å². The molecule has 0 aliphatic rings. The molecule has 0 aliphatic heterocycles. The number of rotatable bonds is 3. The Balaban J connectivity index is 2.09. The van der Waals surface area contributed by atoms with E-state index in [4.69, 9.17) is 0 Å². The number of nitroso groups, excluding NO2 is 1. The third-order valence-electron chi connectivity index (χ3n) is 3.69. The molecule has 3 aromatic heterocycles. The van der Waals surface area contributed by atoms with Crippen LogP contribution in [0.4, 0.5) is 5.69 Å². The van der Waals surface area contributed by atoms with Gasteiger partial charge < -0.3 is 4.98 Å².